The van der Waals surface area contributed by atoms with Crippen LogP contribution in [0.15, 0.2) is 22.7 Å². The number of hydrogen-bond donors (Lipinski definition) is 1. The number of halogens is 3. The minimum Gasteiger partial charge on any atom is -0.323 e. The molecule has 1 N–H and O–H groups in total. The molecule has 0 unspecified atom stereocenters. The minimum atomic E-state index is -1.90. The van der Waals surface area contributed by atoms with E-state index in [-0.39, 0.29) is 0 Å². The molecule has 5 heteroatoms. The van der Waals surface area contributed by atoms with Gasteiger partial charge in [-0.1, -0.05) is 11.6 Å². The van der Waals surface area contributed by atoms with Crippen molar-refractivity contribution in [3.05, 3.63) is 27.7 Å². The van der Waals surface area contributed by atoms with Crippen LogP contribution in [-0.4, -0.2) is 11.6 Å². The van der Waals surface area contributed by atoms with Crippen LogP contribution in [0.1, 0.15) is 13.8 Å². The first-order valence-corrected chi connectivity index (χ1v) is 5.43. The molecule has 0 spiro atoms. The highest BCUT2D eigenvalue weighted by Crippen LogP contribution is 2.26. The molecule has 0 bridgehead atoms. The molecule has 0 aliphatic heterocycles. The van der Waals surface area contributed by atoms with Crippen molar-refractivity contribution in [3.63, 3.8) is 0 Å². The first-order chi connectivity index (χ1) is 6.80. The van der Waals surface area contributed by atoms with E-state index in [4.69, 9.17) is 11.6 Å². The smallest absolute Gasteiger partial charge is 0.261 e. The molecule has 0 radical (unpaired) electrons. The number of carbonyl (C=O) groups is 1. The van der Waals surface area contributed by atoms with Gasteiger partial charge < -0.3 is 5.32 Å². The SMILES string of the molecule is CC(C)(F)C(=O)Nc1ccc(Cl)c(Br)c1. The van der Waals surface area contributed by atoms with E-state index in [9.17, 15) is 9.18 Å². The number of rotatable bonds is 2. The third kappa shape index (κ3) is 3.47. The lowest BCUT2D eigenvalue weighted by atomic mass is 10.1. The van der Waals surface area contributed by atoms with Crippen LogP contribution in [0.5, 0.6) is 0 Å². The van der Waals surface area contributed by atoms with E-state index in [0.717, 1.165) is 0 Å². The van der Waals surface area contributed by atoms with Crippen LogP contribution in [0, 0.1) is 0 Å². The zero-order chi connectivity index (χ0) is 11.6. The maximum atomic E-state index is 13.2. The highest BCUT2D eigenvalue weighted by atomic mass is 79.9. The normalized spacial score (nSPS) is 11.3. The molecule has 82 valence electrons. The lowest BCUT2D eigenvalue weighted by molar-refractivity contribution is -0.125. The van der Waals surface area contributed by atoms with Crippen molar-refractivity contribution >= 4 is 39.1 Å². The molecule has 0 aliphatic rings. The number of benzene rings is 1. The Morgan fingerprint density at radius 3 is 2.60 bits per heavy atom. The summed E-state index contributed by atoms with van der Waals surface area (Å²) < 4.78 is 13.8. The van der Waals surface area contributed by atoms with Gasteiger partial charge in [0.1, 0.15) is 0 Å². The molecule has 1 rings (SSSR count). The van der Waals surface area contributed by atoms with Crippen LogP contribution in [-0.2, 0) is 4.79 Å². The number of anilines is 1. The average molecular weight is 295 g/mol. The first-order valence-electron chi connectivity index (χ1n) is 4.26. The molecule has 1 amide bonds. The van der Waals surface area contributed by atoms with Crippen LogP contribution < -0.4 is 5.32 Å². The van der Waals surface area contributed by atoms with E-state index in [1.165, 1.54) is 13.8 Å². The summed E-state index contributed by atoms with van der Waals surface area (Å²) in [6, 6.07) is 4.84. The summed E-state index contributed by atoms with van der Waals surface area (Å²) in [5, 5.41) is 2.98. The van der Waals surface area contributed by atoms with Crippen molar-refractivity contribution in [3.8, 4) is 0 Å². The van der Waals surface area contributed by atoms with Crippen LogP contribution in [0.4, 0.5) is 10.1 Å². The lowest BCUT2D eigenvalue weighted by Crippen LogP contribution is -2.32. The van der Waals surface area contributed by atoms with Gasteiger partial charge in [0.05, 0.1) is 5.02 Å². The monoisotopic (exact) mass is 293 g/mol. The van der Waals surface area contributed by atoms with Crippen LogP contribution in [0.2, 0.25) is 5.02 Å². The first kappa shape index (κ1) is 12.5. The van der Waals surface area contributed by atoms with E-state index in [1.54, 1.807) is 18.2 Å². The van der Waals surface area contributed by atoms with Crippen LogP contribution in [0.25, 0.3) is 0 Å². The van der Waals surface area contributed by atoms with Crippen molar-refractivity contribution < 1.29 is 9.18 Å². The van der Waals surface area contributed by atoms with Gasteiger partial charge in [-0.2, -0.15) is 0 Å². The van der Waals surface area contributed by atoms with Gasteiger partial charge in [0.25, 0.3) is 5.91 Å². The van der Waals surface area contributed by atoms with E-state index in [2.05, 4.69) is 21.2 Å². The van der Waals surface area contributed by atoms with Crippen molar-refractivity contribution in [1.82, 2.24) is 0 Å². The highest BCUT2D eigenvalue weighted by Gasteiger charge is 2.26. The van der Waals surface area contributed by atoms with E-state index >= 15 is 0 Å². The fraction of sp³-hybridized carbons (Fsp3) is 0.300. The van der Waals surface area contributed by atoms with Gasteiger partial charge in [0, 0.05) is 10.2 Å². The van der Waals surface area contributed by atoms with Gasteiger partial charge in [0.15, 0.2) is 5.67 Å². The molecular weight excluding hydrogens is 284 g/mol. The molecule has 0 fully saturated rings. The second-order valence-electron chi connectivity index (χ2n) is 3.56. The second kappa shape index (κ2) is 4.49. The van der Waals surface area contributed by atoms with E-state index in [1.807, 2.05) is 0 Å². The molecule has 2 nitrogen and oxygen atoms in total. The number of alkyl halides is 1. The highest BCUT2D eigenvalue weighted by molar-refractivity contribution is 9.10. The topological polar surface area (TPSA) is 29.1 Å². The maximum Gasteiger partial charge on any atom is 0.261 e. The Morgan fingerprint density at radius 1 is 1.53 bits per heavy atom. The molecule has 1 aromatic carbocycles. The van der Waals surface area contributed by atoms with Gasteiger partial charge in [-0.15, -0.1) is 0 Å². The van der Waals surface area contributed by atoms with Crippen molar-refractivity contribution in [1.29, 1.82) is 0 Å². The summed E-state index contributed by atoms with van der Waals surface area (Å²) in [5.74, 6) is -0.684. The van der Waals surface area contributed by atoms with Crippen molar-refractivity contribution in [2.45, 2.75) is 19.5 Å². The Bertz CT molecular complexity index is 389. The zero-order valence-electron chi connectivity index (χ0n) is 8.27. The largest absolute Gasteiger partial charge is 0.323 e. The van der Waals surface area contributed by atoms with Crippen LogP contribution >= 0.6 is 27.5 Å². The summed E-state index contributed by atoms with van der Waals surface area (Å²) in [4.78, 5) is 11.3. The zero-order valence-corrected chi connectivity index (χ0v) is 10.6. The van der Waals surface area contributed by atoms with Gasteiger partial charge in [0.2, 0.25) is 0 Å². The van der Waals surface area contributed by atoms with Gasteiger partial charge >= 0.3 is 0 Å². The second-order valence-corrected chi connectivity index (χ2v) is 4.82. The summed E-state index contributed by atoms with van der Waals surface area (Å²) >= 11 is 8.98. The van der Waals surface area contributed by atoms with E-state index in [0.29, 0.717) is 15.2 Å². The predicted octanol–water partition coefficient (Wildman–Crippen LogP) is 3.79. The number of carbonyl (C=O) groups excluding carboxylic acids is 1. The quantitative estimate of drug-likeness (QED) is 0.883. The van der Waals surface area contributed by atoms with E-state index < -0.39 is 11.6 Å². The third-order valence-corrected chi connectivity index (χ3v) is 2.93. The number of nitrogens with one attached hydrogen (secondary N) is 1. The Balaban J connectivity index is 2.83. The molecule has 0 aliphatic carbocycles. The Kier molecular flexibility index (Phi) is 3.73. The third-order valence-electron chi connectivity index (χ3n) is 1.72. The summed E-state index contributed by atoms with van der Waals surface area (Å²) in [5.41, 5.74) is -1.39. The predicted molar refractivity (Wildman–Crippen MR) is 63.0 cm³/mol. The standard InChI is InChI=1S/C10H10BrClFNO/c1-10(2,13)9(15)14-6-3-4-8(12)7(11)5-6/h3-5H,1-2H3,(H,14,15). The van der Waals surface area contributed by atoms with Crippen molar-refractivity contribution in [2.75, 3.05) is 5.32 Å². The molecular formula is C10H10BrClFNO. The molecule has 1 aromatic rings. The molecule has 15 heavy (non-hydrogen) atoms. The fourth-order valence-corrected chi connectivity index (χ4v) is 1.35. The number of hydrogen-bond acceptors (Lipinski definition) is 1. The molecule has 0 heterocycles. The fourth-order valence-electron chi connectivity index (χ4n) is 0.854. The summed E-state index contributed by atoms with van der Waals surface area (Å²) in [6.07, 6.45) is 0. The van der Waals surface area contributed by atoms with Crippen molar-refractivity contribution in [2.24, 2.45) is 0 Å². The van der Waals surface area contributed by atoms with Gasteiger partial charge in [-0.25, -0.2) is 4.39 Å². The summed E-state index contributed by atoms with van der Waals surface area (Å²) in [6.45, 7) is 2.40. The Hall–Kier alpha value is -0.610. The Labute approximate surface area is 101 Å². The molecule has 0 saturated heterocycles. The van der Waals surface area contributed by atoms with Gasteiger partial charge in [-0.3, -0.25) is 4.79 Å². The molecule has 0 aromatic heterocycles. The van der Waals surface area contributed by atoms with Gasteiger partial charge in [-0.05, 0) is 48.0 Å². The molecule has 0 atom stereocenters. The number of amides is 1. The maximum absolute atomic E-state index is 13.2. The lowest BCUT2D eigenvalue weighted by Gasteiger charge is -2.14. The minimum absolute atomic E-state index is 0.502. The summed E-state index contributed by atoms with van der Waals surface area (Å²) in [7, 11) is 0. The Morgan fingerprint density at radius 2 is 2.13 bits per heavy atom. The van der Waals surface area contributed by atoms with Crippen LogP contribution in [0.3, 0.4) is 0 Å². The average Bonchev–Trinajstić information content (AvgIpc) is 2.10. The molecule has 0 saturated carbocycles.